The monoisotopic (exact) mass is 254 g/mol. The molecule has 0 aromatic carbocycles. The highest BCUT2D eigenvalue weighted by atomic mass is 28.4. The fourth-order valence-corrected chi connectivity index (χ4v) is 8.87. The van der Waals surface area contributed by atoms with Crippen molar-refractivity contribution in [2.24, 2.45) is 17.3 Å². The molecule has 0 saturated heterocycles. The van der Waals surface area contributed by atoms with E-state index in [2.05, 4.69) is 13.5 Å². The van der Waals surface area contributed by atoms with Gasteiger partial charge in [0.05, 0.1) is 0 Å². The molecule has 0 N–H and O–H groups in total. The Hall–Kier alpha value is 0.137. The van der Waals surface area contributed by atoms with Crippen molar-refractivity contribution in [3.05, 3.63) is 0 Å². The van der Waals surface area contributed by atoms with Crippen LogP contribution >= 0.6 is 0 Å². The quantitative estimate of drug-likeness (QED) is 0.715. The minimum atomic E-state index is -2.00. The Balaban J connectivity index is 1.98. The summed E-state index contributed by atoms with van der Waals surface area (Å²) in [6.07, 6.45) is 8.52. The van der Waals surface area contributed by atoms with E-state index in [9.17, 15) is 0 Å². The minimum Gasteiger partial charge on any atom is -0.397 e. The van der Waals surface area contributed by atoms with Crippen LogP contribution in [-0.2, 0) is 8.85 Å². The zero-order chi connectivity index (χ0) is 12.3. The lowest BCUT2D eigenvalue weighted by Gasteiger charge is -2.64. The number of hydrogen-bond acceptors (Lipinski definition) is 2. The van der Waals surface area contributed by atoms with Gasteiger partial charge in [-0.25, -0.2) is 0 Å². The van der Waals surface area contributed by atoms with E-state index in [1.54, 1.807) is 0 Å². The molecule has 4 fully saturated rings. The van der Waals surface area contributed by atoms with E-state index >= 15 is 0 Å². The molecule has 0 aliphatic heterocycles. The molecule has 0 spiro atoms. The molecule has 3 heteroatoms. The first-order valence-electron chi connectivity index (χ1n) is 7.05. The molecule has 4 aliphatic carbocycles. The Morgan fingerprint density at radius 2 is 1.53 bits per heavy atom. The van der Waals surface area contributed by atoms with Crippen LogP contribution in [0.5, 0.6) is 0 Å². The predicted octanol–water partition coefficient (Wildman–Crippen LogP) is 3.71. The van der Waals surface area contributed by atoms with Gasteiger partial charge >= 0.3 is 8.56 Å². The lowest BCUT2D eigenvalue weighted by molar-refractivity contribution is -0.0510. The summed E-state index contributed by atoms with van der Waals surface area (Å²) in [5.41, 5.74) is 0.593. The third kappa shape index (κ3) is 1.58. The maximum atomic E-state index is 5.93. The van der Waals surface area contributed by atoms with Crippen LogP contribution in [0.15, 0.2) is 0 Å². The second kappa shape index (κ2) is 3.58. The third-order valence-corrected chi connectivity index (χ3v) is 10.2. The van der Waals surface area contributed by atoms with Crippen LogP contribution < -0.4 is 0 Å². The molecule has 0 amide bonds. The van der Waals surface area contributed by atoms with Crippen molar-refractivity contribution < 1.29 is 8.85 Å². The molecular formula is C14H26O2Si. The summed E-state index contributed by atoms with van der Waals surface area (Å²) < 4.78 is 11.9. The van der Waals surface area contributed by atoms with E-state index in [4.69, 9.17) is 8.85 Å². The van der Waals surface area contributed by atoms with Gasteiger partial charge < -0.3 is 8.85 Å². The highest BCUT2D eigenvalue weighted by molar-refractivity contribution is 6.69. The lowest BCUT2D eigenvalue weighted by Crippen LogP contribution is -2.60. The highest BCUT2D eigenvalue weighted by Gasteiger charge is 2.64. The fraction of sp³-hybridized carbons (Fsp3) is 1.00. The predicted molar refractivity (Wildman–Crippen MR) is 71.1 cm³/mol. The van der Waals surface area contributed by atoms with Crippen LogP contribution in [0.2, 0.25) is 11.6 Å². The summed E-state index contributed by atoms with van der Waals surface area (Å²) in [6.45, 7) is 4.81. The van der Waals surface area contributed by atoms with E-state index in [1.165, 1.54) is 38.5 Å². The van der Waals surface area contributed by atoms with Gasteiger partial charge in [-0.15, -0.1) is 0 Å². The first kappa shape index (κ1) is 12.2. The van der Waals surface area contributed by atoms with Crippen molar-refractivity contribution >= 4 is 8.56 Å². The second-order valence-electron chi connectivity index (χ2n) is 7.41. The highest BCUT2D eigenvalue weighted by Crippen LogP contribution is 2.71. The van der Waals surface area contributed by atoms with Crippen LogP contribution in [0.1, 0.15) is 45.4 Å². The smallest absolute Gasteiger partial charge is 0.340 e. The molecule has 2 atom stereocenters. The Bertz CT molecular complexity index is 310. The van der Waals surface area contributed by atoms with Crippen molar-refractivity contribution in [2.45, 2.75) is 57.0 Å². The second-order valence-corrected chi connectivity index (χ2v) is 11.2. The molecule has 0 aromatic heterocycles. The van der Waals surface area contributed by atoms with Crippen molar-refractivity contribution in [3.63, 3.8) is 0 Å². The summed E-state index contributed by atoms with van der Waals surface area (Å²) in [5, 5.41) is 0.412. The summed E-state index contributed by atoms with van der Waals surface area (Å²) in [4.78, 5) is 0. The van der Waals surface area contributed by atoms with E-state index in [0.29, 0.717) is 10.5 Å². The average Bonchev–Trinajstić information content (AvgIpc) is 2.24. The summed E-state index contributed by atoms with van der Waals surface area (Å²) in [7, 11) is 1.75. The van der Waals surface area contributed by atoms with Crippen LogP contribution in [0.25, 0.3) is 0 Å². The van der Waals surface area contributed by atoms with Crippen molar-refractivity contribution in [1.29, 1.82) is 0 Å². The van der Waals surface area contributed by atoms with Gasteiger partial charge in [0, 0.05) is 19.3 Å². The topological polar surface area (TPSA) is 18.5 Å². The molecule has 4 saturated carbocycles. The van der Waals surface area contributed by atoms with Gasteiger partial charge in [-0.2, -0.15) is 0 Å². The SMILES string of the molecule is CO[Si](C)(OC)C12CC3CC(CC(C)(C3)C1)C2. The summed E-state index contributed by atoms with van der Waals surface area (Å²) in [6, 6.07) is 0. The maximum Gasteiger partial charge on any atom is 0.340 e. The molecule has 17 heavy (non-hydrogen) atoms. The van der Waals surface area contributed by atoms with Crippen LogP contribution in [0, 0.1) is 17.3 Å². The zero-order valence-electron chi connectivity index (χ0n) is 11.7. The Morgan fingerprint density at radius 1 is 1.00 bits per heavy atom. The van der Waals surface area contributed by atoms with Gasteiger partial charge in [0.2, 0.25) is 0 Å². The molecule has 4 rings (SSSR count). The number of rotatable bonds is 3. The van der Waals surface area contributed by atoms with Crippen molar-refractivity contribution in [2.75, 3.05) is 14.2 Å². The molecule has 0 aromatic rings. The van der Waals surface area contributed by atoms with Gasteiger partial charge in [-0.05, 0) is 62.3 Å². The Kier molecular flexibility index (Phi) is 2.57. The largest absolute Gasteiger partial charge is 0.397 e. The van der Waals surface area contributed by atoms with E-state index in [1.807, 2.05) is 14.2 Å². The molecule has 2 unspecified atom stereocenters. The molecule has 2 nitrogen and oxygen atoms in total. The molecule has 4 aliphatic rings. The summed E-state index contributed by atoms with van der Waals surface area (Å²) >= 11 is 0. The molecule has 0 radical (unpaired) electrons. The lowest BCUT2D eigenvalue weighted by atomic mass is 9.50. The normalized spacial score (nSPS) is 48.7. The zero-order valence-corrected chi connectivity index (χ0v) is 12.7. The third-order valence-electron chi connectivity index (χ3n) is 6.10. The number of hydrogen-bond donors (Lipinski definition) is 0. The standard InChI is InChI=1S/C14H26O2Si/c1-13-6-11-5-12(7-13)9-14(8-11,10-13)17(4,15-2)16-3/h11-12H,5-10H2,1-4H3. The van der Waals surface area contributed by atoms with Gasteiger partial charge in [-0.1, -0.05) is 6.92 Å². The van der Waals surface area contributed by atoms with Gasteiger partial charge in [0.25, 0.3) is 0 Å². The van der Waals surface area contributed by atoms with Crippen molar-refractivity contribution in [3.8, 4) is 0 Å². The van der Waals surface area contributed by atoms with Gasteiger partial charge in [0.15, 0.2) is 0 Å². The van der Waals surface area contributed by atoms with Crippen LogP contribution in [0.4, 0.5) is 0 Å². The molecule has 4 bridgehead atoms. The molecule has 98 valence electrons. The Morgan fingerprint density at radius 3 is 1.94 bits per heavy atom. The first-order valence-corrected chi connectivity index (χ1v) is 9.36. The average molecular weight is 254 g/mol. The summed E-state index contributed by atoms with van der Waals surface area (Å²) in [5.74, 6) is 1.91. The Labute approximate surface area is 106 Å². The molecular weight excluding hydrogens is 228 g/mol. The fourth-order valence-electron chi connectivity index (χ4n) is 5.77. The van der Waals surface area contributed by atoms with Crippen LogP contribution in [-0.4, -0.2) is 22.8 Å². The van der Waals surface area contributed by atoms with E-state index in [-0.39, 0.29) is 0 Å². The van der Waals surface area contributed by atoms with E-state index < -0.39 is 8.56 Å². The first-order chi connectivity index (χ1) is 7.94. The molecule has 0 heterocycles. The van der Waals surface area contributed by atoms with Crippen LogP contribution in [0.3, 0.4) is 0 Å². The van der Waals surface area contributed by atoms with E-state index in [0.717, 1.165) is 11.8 Å². The minimum absolute atomic E-state index is 0.412. The van der Waals surface area contributed by atoms with Gasteiger partial charge in [-0.3, -0.25) is 0 Å². The maximum absolute atomic E-state index is 5.93. The van der Waals surface area contributed by atoms with Gasteiger partial charge in [0.1, 0.15) is 0 Å². The van der Waals surface area contributed by atoms with Crippen molar-refractivity contribution in [1.82, 2.24) is 0 Å².